The zero-order valence-electron chi connectivity index (χ0n) is 11.0. The summed E-state index contributed by atoms with van der Waals surface area (Å²) < 4.78 is 5.37. The molecule has 1 heterocycles. The first kappa shape index (κ1) is 12.6. The average molecular weight is 246 g/mol. The van der Waals surface area contributed by atoms with Crippen molar-refractivity contribution < 1.29 is 9.21 Å². The third-order valence-electron chi connectivity index (χ3n) is 2.76. The second-order valence-corrected chi connectivity index (χ2v) is 4.85. The van der Waals surface area contributed by atoms with Crippen LogP contribution in [0, 0.1) is 12.8 Å². The molecule has 4 nitrogen and oxygen atoms in total. The van der Waals surface area contributed by atoms with Crippen LogP contribution < -0.4 is 5.32 Å². The van der Waals surface area contributed by atoms with Gasteiger partial charge in [-0.3, -0.25) is 4.79 Å². The maximum absolute atomic E-state index is 11.9. The van der Waals surface area contributed by atoms with E-state index in [1.807, 2.05) is 0 Å². The third kappa shape index (κ3) is 2.88. The minimum absolute atomic E-state index is 0.0572. The monoisotopic (exact) mass is 246 g/mol. The lowest BCUT2D eigenvalue weighted by atomic mass is 10.1. The standard InChI is InChI=1S/C14H18N2O2/c1-9(2)6-7-15-14(17)11-4-5-13-12(8-11)16-10(3)18-13/h4-5,8-9H,6-7H2,1-3H3,(H,15,17). The molecule has 0 spiro atoms. The number of hydrogen-bond acceptors (Lipinski definition) is 3. The van der Waals surface area contributed by atoms with Gasteiger partial charge in [-0.2, -0.15) is 0 Å². The van der Waals surface area contributed by atoms with Crippen LogP contribution in [-0.2, 0) is 0 Å². The first-order valence-electron chi connectivity index (χ1n) is 6.21. The zero-order chi connectivity index (χ0) is 13.1. The number of aromatic nitrogens is 1. The molecule has 0 radical (unpaired) electrons. The summed E-state index contributed by atoms with van der Waals surface area (Å²) in [5, 5.41) is 2.90. The van der Waals surface area contributed by atoms with Crippen molar-refractivity contribution in [3.8, 4) is 0 Å². The van der Waals surface area contributed by atoms with Gasteiger partial charge in [-0.25, -0.2) is 4.98 Å². The Bertz CT molecular complexity index is 558. The van der Waals surface area contributed by atoms with Crippen molar-refractivity contribution >= 4 is 17.0 Å². The number of fused-ring (bicyclic) bond motifs is 1. The molecule has 1 N–H and O–H groups in total. The predicted molar refractivity (Wildman–Crippen MR) is 70.5 cm³/mol. The second kappa shape index (κ2) is 5.21. The molecule has 4 heteroatoms. The quantitative estimate of drug-likeness (QED) is 0.902. The largest absolute Gasteiger partial charge is 0.441 e. The molecular formula is C14H18N2O2. The van der Waals surface area contributed by atoms with E-state index in [1.165, 1.54) is 0 Å². The number of amides is 1. The summed E-state index contributed by atoms with van der Waals surface area (Å²) in [4.78, 5) is 16.1. The molecule has 0 bridgehead atoms. The highest BCUT2D eigenvalue weighted by molar-refractivity contribution is 5.97. The number of rotatable bonds is 4. The highest BCUT2D eigenvalue weighted by Gasteiger charge is 2.09. The number of nitrogens with zero attached hydrogens (tertiary/aromatic N) is 1. The molecule has 0 saturated heterocycles. The number of oxazole rings is 1. The van der Waals surface area contributed by atoms with Crippen molar-refractivity contribution in [2.75, 3.05) is 6.54 Å². The van der Waals surface area contributed by atoms with E-state index in [0.29, 0.717) is 29.5 Å². The van der Waals surface area contributed by atoms with E-state index in [9.17, 15) is 4.79 Å². The van der Waals surface area contributed by atoms with Crippen LogP contribution in [0.2, 0.25) is 0 Å². The van der Waals surface area contributed by atoms with E-state index in [2.05, 4.69) is 24.1 Å². The molecule has 18 heavy (non-hydrogen) atoms. The highest BCUT2D eigenvalue weighted by Crippen LogP contribution is 2.16. The molecule has 0 unspecified atom stereocenters. The fourth-order valence-corrected chi connectivity index (χ4v) is 1.76. The second-order valence-electron chi connectivity index (χ2n) is 4.85. The summed E-state index contributed by atoms with van der Waals surface area (Å²) >= 11 is 0. The van der Waals surface area contributed by atoms with Gasteiger partial charge in [0.1, 0.15) is 5.52 Å². The lowest BCUT2D eigenvalue weighted by molar-refractivity contribution is 0.0952. The van der Waals surface area contributed by atoms with Gasteiger partial charge in [0.2, 0.25) is 0 Å². The smallest absolute Gasteiger partial charge is 0.251 e. The minimum atomic E-state index is -0.0572. The van der Waals surface area contributed by atoms with E-state index < -0.39 is 0 Å². The van der Waals surface area contributed by atoms with Crippen LogP contribution in [0.4, 0.5) is 0 Å². The number of hydrogen-bond donors (Lipinski definition) is 1. The van der Waals surface area contributed by atoms with Crippen molar-refractivity contribution in [1.82, 2.24) is 10.3 Å². The van der Waals surface area contributed by atoms with Crippen LogP contribution in [0.3, 0.4) is 0 Å². The maximum atomic E-state index is 11.9. The molecule has 0 aliphatic rings. The molecule has 0 fully saturated rings. The van der Waals surface area contributed by atoms with Crippen molar-refractivity contribution in [2.45, 2.75) is 27.2 Å². The zero-order valence-corrected chi connectivity index (χ0v) is 11.0. The summed E-state index contributed by atoms with van der Waals surface area (Å²) in [6, 6.07) is 5.31. The Labute approximate surface area is 106 Å². The SMILES string of the molecule is Cc1nc2cc(C(=O)NCCC(C)C)ccc2o1. The molecule has 2 aromatic rings. The maximum Gasteiger partial charge on any atom is 0.251 e. The topological polar surface area (TPSA) is 55.1 Å². The first-order valence-corrected chi connectivity index (χ1v) is 6.21. The van der Waals surface area contributed by atoms with Crippen LogP contribution >= 0.6 is 0 Å². The number of nitrogens with one attached hydrogen (secondary N) is 1. The van der Waals surface area contributed by atoms with Crippen LogP contribution in [0.5, 0.6) is 0 Å². The van der Waals surface area contributed by atoms with Crippen LogP contribution in [-0.4, -0.2) is 17.4 Å². The first-order chi connectivity index (χ1) is 8.56. The summed E-state index contributed by atoms with van der Waals surface area (Å²) in [6.45, 7) is 6.77. The van der Waals surface area contributed by atoms with E-state index in [0.717, 1.165) is 11.9 Å². The van der Waals surface area contributed by atoms with Gasteiger partial charge in [-0.05, 0) is 30.5 Å². The Morgan fingerprint density at radius 2 is 2.22 bits per heavy atom. The fourth-order valence-electron chi connectivity index (χ4n) is 1.76. The molecular weight excluding hydrogens is 228 g/mol. The van der Waals surface area contributed by atoms with Gasteiger partial charge in [0.15, 0.2) is 11.5 Å². The molecule has 1 amide bonds. The van der Waals surface area contributed by atoms with Crippen LogP contribution in [0.1, 0.15) is 36.5 Å². The van der Waals surface area contributed by atoms with Gasteiger partial charge in [0, 0.05) is 19.0 Å². The lowest BCUT2D eigenvalue weighted by Crippen LogP contribution is -2.25. The Balaban J connectivity index is 2.08. The average Bonchev–Trinajstić information content (AvgIpc) is 2.67. The third-order valence-corrected chi connectivity index (χ3v) is 2.76. The number of benzene rings is 1. The number of carbonyl (C=O) groups excluding carboxylic acids is 1. The number of carbonyl (C=O) groups is 1. The van der Waals surface area contributed by atoms with E-state index in [-0.39, 0.29) is 5.91 Å². The Kier molecular flexibility index (Phi) is 3.65. The van der Waals surface area contributed by atoms with E-state index in [1.54, 1.807) is 25.1 Å². The Morgan fingerprint density at radius 1 is 1.44 bits per heavy atom. The van der Waals surface area contributed by atoms with Gasteiger partial charge >= 0.3 is 0 Å². The number of aryl methyl sites for hydroxylation is 1. The molecule has 0 saturated carbocycles. The highest BCUT2D eigenvalue weighted by atomic mass is 16.3. The Morgan fingerprint density at radius 3 is 2.94 bits per heavy atom. The molecule has 1 aromatic carbocycles. The van der Waals surface area contributed by atoms with Gasteiger partial charge in [-0.1, -0.05) is 13.8 Å². The Hall–Kier alpha value is -1.84. The van der Waals surface area contributed by atoms with E-state index >= 15 is 0 Å². The van der Waals surface area contributed by atoms with Gasteiger partial charge in [-0.15, -0.1) is 0 Å². The van der Waals surface area contributed by atoms with Gasteiger partial charge in [0.05, 0.1) is 0 Å². The summed E-state index contributed by atoms with van der Waals surface area (Å²) in [5.74, 6) is 1.14. The van der Waals surface area contributed by atoms with Crippen LogP contribution in [0.15, 0.2) is 22.6 Å². The fraction of sp³-hybridized carbons (Fsp3) is 0.429. The summed E-state index contributed by atoms with van der Waals surface area (Å²) in [6.07, 6.45) is 0.983. The molecule has 0 aliphatic heterocycles. The lowest BCUT2D eigenvalue weighted by Gasteiger charge is -2.06. The minimum Gasteiger partial charge on any atom is -0.441 e. The van der Waals surface area contributed by atoms with Gasteiger partial charge < -0.3 is 9.73 Å². The predicted octanol–water partition coefficient (Wildman–Crippen LogP) is 2.91. The molecule has 96 valence electrons. The van der Waals surface area contributed by atoms with Crippen molar-refractivity contribution in [3.63, 3.8) is 0 Å². The van der Waals surface area contributed by atoms with Crippen LogP contribution in [0.25, 0.3) is 11.1 Å². The summed E-state index contributed by atoms with van der Waals surface area (Å²) in [7, 11) is 0. The van der Waals surface area contributed by atoms with Crippen molar-refractivity contribution in [1.29, 1.82) is 0 Å². The normalized spacial score (nSPS) is 11.1. The van der Waals surface area contributed by atoms with Crippen molar-refractivity contribution in [3.05, 3.63) is 29.7 Å². The van der Waals surface area contributed by atoms with Crippen molar-refractivity contribution in [2.24, 2.45) is 5.92 Å². The van der Waals surface area contributed by atoms with Gasteiger partial charge in [0.25, 0.3) is 5.91 Å². The molecule has 2 rings (SSSR count). The summed E-state index contributed by atoms with van der Waals surface area (Å²) in [5.41, 5.74) is 2.06. The molecule has 0 aliphatic carbocycles. The molecule has 1 aromatic heterocycles. The van der Waals surface area contributed by atoms with E-state index in [4.69, 9.17) is 4.42 Å². The molecule has 0 atom stereocenters.